The molecule has 0 aromatic rings. The fourth-order valence-electron chi connectivity index (χ4n) is 1.06. The van der Waals surface area contributed by atoms with E-state index in [4.69, 9.17) is 0 Å². The Morgan fingerprint density at radius 3 is 0.905 bits per heavy atom. The molecule has 2 nitrogen and oxygen atoms in total. The molecular formula is C16H38GeN2Si2. The Balaban J connectivity index is 0. The van der Waals surface area contributed by atoms with E-state index in [0.29, 0.717) is 0 Å². The van der Waals surface area contributed by atoms with Gasteiger partial charge in [0.1, 0.15) is 0 Å². The quantitative estimate of drug-likeness (QED) is 0.543. The van der Waals surface area contributed by atoms with Gasteiger partial charge in [0.05, 0.1) is 0 Å². The number of nitrogens with zero attached hydrogens (tertiary/aromatic N) is 2. The molecule has 1 rings (SSSR count). The van der Waals surface area contributed by atoms with E-state index < -0.39 is 0 Å². The summed E-state index contributed by atoms with van der Waals surface area (Å²) in [6.45, 7) is 27.2. The van der Waals surface area contributed by atoms with Crippen molar-refractivity contribution in [3.63, 3.8) is 0 Å². The second-order valence-corrected chi connectivity index (χ2v) is 16.9. The Kier molecular flexibility index (Phi) is 11.4. The van der Waals surface area contributed by atoms with Crippen molar-refractivity contribution in [1.29, 1.82) is 0 Å². The molecular weight excluding hydrogens is 349 g/mol. The number of rotatable bonds is 0. The number of hydrogen-bond donors (Lipinski definition) is 0. The Morgan fingerprint density at radius 2 is 0.810 bits per heavy atom. The first-order chi connectivity index (χ1) is 9.17. The summed E-state index contributed by atoms with van der Waals surface area (Å²) in [7, 11) is 0.241. The molecule has 0 fully saturated rings. The minimum Gasteiger partial charge on any atom is -0.0715 e. The summed E-state index contributed by atoms with van der Waals surface area (Å²) >= 11 is -0.153. The molecule has 0 saturated carbocycles. The van der Waals surface area contributed by atoms with E-state index in [1.165, 1.54) is 0 Å². The molecule has 1 aliphatic rings. The van der Waals surface area contributed by atoms with Crippen LogP contribution in [0.4, 0.5) is 0 Å². The number of hydrogen-bond acceptors (Lipinski definition) is 2. The second kappa shape index (κ2) is 10.2. The molecule has 0 aromatic carbocycles. The molecule has 0 aliphatic carbocycles. The fourth-order valence-corrected chi connectivity index (χ4v) is 3.37. The first-order valence-corrected chi connectivity index (χ1v) is 15.6. The Hall–Kier alpha value is 0.317. The molecule has 0 saturated heterocycles. The third-order valence-electron chi connectivity index (χ3n) is 2.03. The molecule has 1 heterocycles. The standard InChI is InChI=1S/C10H20GeN2.2C3H9Si/c1-9(2,3)12-7-8-13(11-12)10(4,5)6;2*1-4(2)3/h7-8H,1-6H3;2*1-3H3. The molecule has 0 N–H and O–H groups in total. The summed E-state index contributed by atoms with van der Waals surface area (Å²) in [5.41, 5.74) is 0.576. The van der Waals surface area contributed by atoms with E-state index in [1.807, 2.05) is 0 Å². The predicted octanol–water partition coefficient (Wildman–Crippen LogP) is 4.95. The van der Waals surface area contributed by atoms with Gasteiger partial charge in [-0.15, -0.1) is 0 Å². The van der Waals surface area contributed by atoms with Gasteiger partial charge in [-0.3, -0.25) is 0 Å². The van der Waals surface area contributed by atoms with Crippen LogP contribution in [0.3, 0.4) is 0 Å². The summed E-state index contributed by atoms with van der Waals surface area (Å²) in [4.78, 5) is 0. The van der Waals surface area contributed by atoms with Crippen LogP contribution in [0.5, 0.6) is 0 Å². The Labute approximate surface area is 145 Å². The van der Waals surface area contributed by atoms with E-state index in [2.05, 4.69) is 101 Å². The van der Waals surface area contributed by atoms with Crippen molar-refractivity contribution in [2.75, 3.05) is 0 Å². The summed E-state index contributed by atoms with van der Waals surface area (Å²) in [6, 6.07) is 0. The van der Waals surface area contributed by atoms with Gasteiger partial charge in [0, 0.05) is 17.6 Å². The van der Waals surface area contributed by atoms with Crippen LogP contribution in [0, 0.1) is 0 Å². The maximum absolute atomic E-state index is 2.48. The predicted molar refractivity (Wildman–Crippen MR) is 105 cm³/mol. The van der Waals surface area contributed by atoms with E-state index in [-0.39, 0.29) is 44.5 Å². The minimum atomic E-state index is -0.153. The van der Waals surface area contributed by atoms with Crippen LogP contribution in [-0.4, -0.2) is 52.3 Å². The van der Waals surface area contributed by atoms with Gasteiger partial charge in [0.2, 0.25) is 0 Å². The van der Waals surface area contributed by atoms with Crippen LogP contribution in [0.25, 0.3) is 0 Å². The summed E-state index contributed by atoms with van der Waals surface area (Å²) in [5, 5.41) is 0. The normalized spacial score (nSPS) is 15.0. The van der Waals surface area contributed by atoms with Gasteiger partial charge in [-0.2, -0.15) is 0 Å². The van der Waals surface area contributed by atoms with Crippen LogP contribution in [-0.2, 0) is 0 Å². The average molecular weight is 387 g/mol. The summed E-state index contributed by atoms with van der Waals surface area (Å²) in [6.07, 6.45) is 4.48. The van der Waals surface area contributed by atoms with Crippen molar-refractivity contribution >= 4 is 33.5 Å². The van der Waals surface area contributed by atoms with Crippen molar-refractivity contribution in [3.8, 4) is 0 Å². The molecule has 0 atom stereocenters. The van der Waals surface area contributed by atoms with Gasteiger partial charge in [0.15, 0.2) is 0 Å². The zero-order valence-electron chi connectivity index (χ0n) is 16.5. The monoisotopic (exact) mass is 388 g/mol. The van der Waals surface area contributed by atoms with Crippen molar-refractivity contribution in [1.82, 2.24) is 7.71 Å². The van der Waals surface area contributed by atoms with Gasteiger partial charge >= 0.3 is 88.6 Å². The topological polar surface area (TPSA) is 6.48 Å². The van der Waals surface area contributed by atoms with Crippen molar-refractivity contribution in [3.05, 3.63) is 12.4 Å². The van der Waals surface area contributed by atoms with Gasteiger partial charge in [0.25, 0.3) is 0 Å². The molecule has 0 aromatic heterocycles. The third-order valence-corrected chi connectivity index (χ3v) is 6.37. The van der Waals surface area contributed by atoms with Crippen molar-refractivity contribution < 1.29 is 0 Å². The summed E-state index contributed by atoms with van der Waals surface area (Å²) in [5.74, 6) is 0. The zero-order valence-corrected chi connectivity index (χ0v) is 20.6. The van der Waals surface area contributed by atoms with Gasteiger partial charge in [-0.05, 0) is 0 Å². The van der Waals surface area contributed by atoms with E-state index in [1.54, 1.807) is 0 Å². The molecule has 1 aliphatic heterocycles. The molecule has 4 radical (unpaired) electrons. The molecule has 0 bridgehead atoms. The van der Waals surface area contributed by atoms with Gasteiger partial charge < -0.3 is 0 Å². The van der Waals surface area contributed by atoms with Crippen molar-refractivity contribution in [2.24, 2.45) is 0 Å². The Bertz CT molecular complexity index is 258. The molecule has 0 amide bonds. The fraction of sp³-hybridized carbons (Fsp3) is 0.875. The second-order valence-electron chi connectivity index (χ2n) is 8.48. The van der Waals surface area contributed by atoms with Crippen LogP contribution >= 0.6 is 0 Å². The van der Waals surface area contributed by atoms with Crippen LogP contribution in [0.2, 0.25) is 39.3 Å². The van der Waals surface area contributed by atoms with E-state index in [9.17, 15) is 0 Å². The minimum absolute atomic E-state index is 0.120. The van der Waals surface area contributed by atoms with E-state index in [0.717, 1.165) is 0 Å². The maximum Gasteiger partial charge on any atom is 0.0379 e. The van der Waals surface area contributed by atoms with Crippen LogP contribution in [0.15, 0.2) is 12.4 Å². The molecule has 5 heteroatoms. The third kappa shape index (κ3) is 15.0. The molecule has 124 valence electrons. The van der Waals surface area contributed by atoms with Gasteiger partial charge in [-0.25, -0.2) is 0 Å². The molecule has 0 unspecified atom stereocenters. The smallest absolute Gasteiger partial charge is 0.0379 e. The summed E-state index contributed by atoms with van der Waals surface area (Å²) < 4.78 is 4.97. The SMILES string of the molecule is CC(C)(C)[N]1C=C[N](C(C)(C)C)[Ge]1.C[Si](C)C.C[Si](C)C. The maximum atomic E-state index is 2.48. The van der Waals surface area contributed by atoms with Crippen LogP contribution < -0.4 is 0 Å². The largest absolute Gasteiger partial charge is 0.0715 e. The molecule has 0 spiro atoms. The Morgan fingerprint density at radius 1 is 0.619 bits per heavy atom. The molecule has 21 heavy (non-hydrogen) atoms. The average Bonchev–Trinajstić information content (AvgIpc) is 2.61. The first kappa shape index (κ1) is 23.6. The van der Waals surface area contributed by atoms with Crippen molar-refractivity contribution in [2.45, 2.75) is 91.9 Å². The van der Waals surface area contributed by atoms with Gasteiger partial charge in [-0.1, -0.05) is 39.3 Å². The van der Waals surface area contributed by atoms with Crippen LogP contribution in [0.1, 0.15) is 41.5 Å². The first-order valence-electron chi connectivity index (χ1n) is 7.74. The van der Waals surface area contributed by atoms with E-state index >= 15 is 0 Å². The zero-order chi connectivity index (χ0) is 17.4.